The average Bonchev–Trinajstić information content (AvgIpc) is 2.76. The van der Waals surface area contributed by atoms with Gasteiger partial charge in [-0.3, -0.25) is 14.7 Å². The lowest BCUT2D eigenvalue weighted by Crippen LogP contribution is -2.43. The zero-order valence-corrected chi connectivity index (χ0v) is 16.7. The number of nitrogens with one attached hydrogen (secondary N) is 3. The predicted octanol–water partition coefficient (Wildman–Crippen LogP) is 0.853. The van der Waals surface area contributed by atoms with Crippen LogP contribution in [0.15, 0.2) is 4.99 Å². The minimum Gasteiger partial charge on any atom is -0.357 e. The third-order valence-corrected chi connectivity index (χ3v) is 4.31. The van der Waals surface area contributed by atoms with Crippen molar-refractivity contribution in [3.63, 3.8) is 0 Å². The molecule has 1 aliphatic heterocycles. The maximum absolute atomic E-state index is 11.4. The number of urea groups is 1. The molecule has 0 radical (unpaired) electrons. The summed E-state index contributed by atoms with van der Waals surface area (Å²) in [5.41, 5.74) is 0. The molecule has 0 aromatic rings. The minimum atomic E-state index is -0.327. The van der Waals surface area contributed by atoms with E-state index in [9.17, 15) is 9.59 Å². The van der Waals surface area contributed by atoms with Gasteiger partial charge in [0.25, 0.3) is 0 Å². The lowest BCUT2D eigenvalue weighted by molar-refractivity contribution is -0.124. The van der Waals surface area contributed by atoms with Crippen LogP contribution in [0.5, 0.6) is 0 Å². The van der Waals surface area contributed by atoms with Crippen molar-refractivity contribution in [1.29, 1.82) is 0 Å². The average molecular weight is 443 g/mol. The van der Waals surface area contributed by atoms with Crippen LogP contribution in [0.3, 0.4) is 0 Å². The first-order chi connectivity index (χ1) is 9.89. The molecule has 0 bridgehead atoms. The molecule has 1 fully saturated rings. The van der Waals surface area contributed by atoms with E-state index >= 15 is 0 Å². The molecule has 128 valence electrons. The second-order valence-corrected chi connectivity index (χ2v) is 6.80. The highest BCUT2D eigenvalue weighted by atomic mass is 127. The maximum Gasteiger partial charge on any atom is 0.324 e. The number of aliphatic imine (C=N–C) groups is 1. The van der Waals surface area contributed by atoms with Crippen LogP contribution >= 0.6 is 35.7 Å². The van der Waals surface area contributed by atoms with Crippen LogP contribution in [0.1, 0.15) is 20.8 Å². The van der Waals surface area contributed by atoms with Crippen molar-refractivity contribution in [3.05, 3.63) is 0 Å². The summed E-state index contributed by atoms with van der Waals surface area (Å²) in [6.07, 6.45) is 2.06. The zero-order valence-electron chi connectivity index (χ0n) is 13.6. The highest BCUT2D eigenvalue weighted by Gasteiger charge is 2.27. The van der Waals surface area contributed by atoms with Crippen molar-refractivity contribution in [2.45, 2.75) is 25.5 Å². The summed E-state index contributed by atoms with van der Waals surface area (Å²) in [5, 5.41) is 8.79. The Morgan fingerprint density at radius 2 is 2.09 bits per heavy atom. The first-order valence-electron chi connectivity index (χ1n) is 7.05. The van der Waals surface area contributed by atoms with Gasteiger partial charge < -0.3 is 16.0 Å². The summed E-state index contributed by atoms with van der Waals surface area (Å²) in [7, 11) is 0. The van der Waals surface area contributed by atoms with Crippen molar-refractivity contribution in [2.24, 2.45) is 4.99 Å². The van der Waals surface area contributed by atoms with Crippen LogP contribution in [-0.4, -0.2) is 66.5 Å². The Kier molecular flexibility index (Phi) is 9.81. The second kappa shape index (κ2) is 10.1. The van der Waals surface area contributed by atoms with Gasteiger partial charge in [0.15, 0.2) is 5.96 Å². The number of rotatable bonds is 7. The lowest BCUT2D eigenvalue weighted by Gasteiger charge is -2.20. The van der Waals surface area contributed by atoms with Crippen LogP contribution in [-0.2, 0) is 4.79 Å². The molecule has 0 atom stereocenters. The number of carbonyl (C=O) groups is 2. The van der Waals surface area contributed by atoms with Crippen LogP contribution in [0, 0.1) is 0 Å². The van der Waals surface area contributed by atoms with Gasteiger partial charge in [-0.15, -0.1) is 24.0 Å². The minimum absolute atomic E-state index is 0. The van der Waals surface area contributed by atoms with E-state index in [1.807, 2.05) is 6.92 Å². The number of imide groups is 1. The first kappa shape index (κ1) is 21.3. The van der Waals surface area contributed by atoms with Crippen molar-refractivity contribution < 1.29 is 9.59 Å². The second-order valence-electron chi connectivity index (χ2n) is 5.29. The number of nitrogens with zero attached hydrogens (tertiary/aromatic N) is 2. The first-order valence-corrected chi connectivity index (χ1v) is 8.27. The number of hydrogen-bond acceptors (Lipinski definition) is 4. The fourth-order valence-electron chi connectivity index (χ4n) is 1.64. The molecular weight excluding hydrogens is 417 g/mol. The van der Waals surface area contributed by atoms with Crippen LogP contribution in [0.2, 0.25) is 0 Å². The third-order valence-electron chi connectivity index (χ3n) is 3.08. The Bertz CT molecular complexity index is 401. The molecule has 0 aromatic carbocycles. The molecule has 0 saturated carbocycles. The van der Waals surface area contributed by atoms with Gasteiger partial charge in [0.2, 0.25) is 5.91 Å². The molecule has 22 heavy (non-hydrogen) atoms. The van der Waals surface area contributed by atoms with Gasteiger partial charge in [-0.05, 0) is 27.0 Å². The SMILES string of the molecule is CCNC(=NCC(C)(C)SC)NCCN1C(=O)CNC1=O.I. The van der Waals surface area contributed by atoms with E-state index in [0.717, 1.165) is 6.54 Å². The van der Waals surface area contributed by atoms with Crippen molar-refractivity contribution in [2.75, 3.05) is 39.0 Å². The number of thioether (sulfide) groups is 1. The van der Waals surface area contributed by atoms with Gasteiger partial charge in [0.1, 0.15) is 0 Å². The normalized spacial score (nSPS) is 15.5. The molecule has 0 unspecified atom stereocenters. The molecule has 1 saturated heterocycles. The fraction of sp³-hybridized carbons (Fsp3) is 0.769. The van der Waals surface area contributed by atoms with Crippen molar-refractivity contribution in [3.8, 4) is 0 Å². The number of carbonyl (C=O) groups excluding carboxylic acids is 2. The van der Waals surface area contributed by atoms with Gasteiger partial charge in [-0.25, -0.2) is 4.79 Å². The summed E-state index contributed by atoms with van der Waals surface area (Å²) in [6, 6.07) is -0.327. The van der Waals surface area contributed by atoms with Crippen molar-refractivity contribution in [1.82, 2.24) is 20.9 Å². The number of halogens is 1. The smallest absolute Gasteiger partial charge is 0.324 e. The fourth-order valence-corrected chi connectivity index (χ4v) is 1.84. The van der Waals surface area contributed by atoms with Gasteiger partial charge >= 0.3 is 6.03 Å². The highest BCUT2D eigenvalue weighted by molar-refractivity contribution is 14.0. The Morgan fingerprint density at radius 3 is 2.59 bits per heavy atom. The van der Waals surface area contributed by atoms with Gasteiger partial charge in [0, 0.05) is 24.4 Å². The molecule has 0 aliphatic carbocycles. The van der Waals surface area contributed by atoms with E-state index < -0.39 is 0 Å². The third kappa shape index (κ3) is 7.03. The molecule has 3 N–H and O–H groups in total. The van der Waals surface area contributed by atoms with E-state index in [-0.39, 0.29) is 47.2 Å². The molecule has 0 spiro atoms. The van der Waals surface area contributed by atoms with E-state index in [0.29, 0.717) is 25.6 Å². The molecule has 1 rings (SSSR count). The largest absolute Gasteiger partial charge is 0.357 e. The van der Waals surface area contributed by atoms with Gasteiger partial charge in [-0.2, -0.15) is 11.8 Å². The van der Waals surface area contributed by atoms with Crippen LogP contribution < -0.4 is 16.0 Å². The Hall–Kier alpha value is -0.710. The van der Waals surface area contributed by atoms with E-state index in [1.165, 1.54) is 4.90 Å². The van der Waals surface area contributed by atoms with E-state index in [1.54, 1.807) is 11.8 Å². The van der Waals surface area contributed by atoms with Crippen molar-refractivity contribution >= 4 is 53.6 Å². The quantitative estimate of drug-likeness (QED) is 0.235. The number of hydrogen-bond donors (Lipinski definition) is 3. The monoisotopic (exact) mass is 443 g/mol. The molecule has 3 amide bonds. The molecule has 7 nitrogen and oxygen atoms in total. The predicted molar refractivity (Wildman–Crippen MR) is 102 cm³/mol. The maximum atomic E-state index is 11.4. The summed E-state index contributed by atoms with van der Waals surface area (Å²) in [4.78, 5) is 28.6. The van der Waals surface area contributed by atoms with Crippen LogP contribution in [0.4, 0.5) is 4.79 Å². The molecular formula is C13H26IN5O2S. The highest BCUT2D eigenvalue weighted by Crippen LogP contribution is 2.20. The van der Waals surface area contributed by atoms with Gasteiger partial charge in [0.05, 0.1) is 13.1 Å². The van der Waals surface area contributed by atoms with E-state index in [2.05, 4.69) is 41.0 Å². The summed E-state index contributed by atoms with van der Waals surface area (Å²) < 4.78 is 0.0765. The summed E-state index contributed by atoms with van der Waals surface area (Å²) in [6.45, 7) is 8.62. The standard InChI is InChI=1S/C13H25N5O2S.HI/c1-5-14-11(17-9-13(2,3)21-4)15-6-7-18-10(19)8-16-12(18)20;/h5-9H2,1-4H3,(H,16,20)(H2,14,15,17);1H. The summed E-state index contributed by atoms with van der Waals surface area (Å²) in [5.74, 6) is 0.513. The molecule has 9 heteroatoms. The Morgan fingerprint density at radius 1 is 1.41 bits per heavy atom. The molecule has 0 aromatic heterocycles. The van der Waals surface area contributed by atoms with E-state index in [4.69, 9.17) is 0 Å². The Labute approximate surface area is 153 Å². The molecule has 1 heterocycles. The summed E-state index contributed by atoms with van der Waals surface area (Å²) >= 11 is 1.76. The molecule has 1 aliphatic rings. The van der Waals surface area contributed by atoms with Gasteiger partial charge in [-0.1, -0.05) is 0 Å². The zero-order chi connectivity index (χ0) is 15.9. The number of guanidine groups is 1. The Balaban J connectivity index is 0.00000441. The topological polar surface area (TPSA) is 85.8 Å². The lowest BCUT2D eigenvalue weighted by atomic mass is 10.2. The number of amides is 3. The van der Waals surface area contributed by atoms with Crippen LogP contribution in [0.25, 0.3) is 0 Å².